The van der Waals surface area contributed by atoms with Crippen LogP contribution < -0.4 is 4.74 Å². The molecule has 0 unspecified atom stereocenters. The Kier molecular flexibility index (Phi) is 5.36. The van der Waals surface area contributed by atoms with E-state index < -0.39 is 0 Å². The molecule has 2 saturated heterocycles. The summed E-state index contributed by atoms with van der Waals surface area (Å²) in [5.41, 5.74) is 4.20. The third-order valence-electron chi connectivity index (χ3n) is 5.79. The van der Waals surface area contributed by atoms with Gasteiger partial charge in [-0.05, 0) is 26.3 Å². The van der Waals surface area contributed by atoms with Crippen molar-refractivity contribution in [1.29, 1.82) is 0 Å². The fourth-order valence-corrected chi connectivity index (χ4v) is 4.25. The van der Waals surface area contributed by atoms with Gasteiger partial charge in [0.25, 0.3) is 0 Å². The number of likely N-dealkylation sites (tertiary alicyclic amines) is 1. The maximum atomic E-state index is 12.7. The lowest BCUT2D eigenvalue weighted by molar-refractivity contribution is -0.130. The fraction of sp³-hybridized carbons (Fsp3) is 0.478. The summed E-state index contributed by atoms with van der Waals surface area (Å²) in [7, 11) is 0. The second-order valence-corrected chi connectivity index (χ2v) is 8.15. The van der Waals surface area contributed by atoms with Crippen molar-refractivity contribution in [3.63, 3.8) is 0 Å². The Balaban J connectivity index is 1.33. The normalized spacial score (nSPS) is 23.7. The van der Waals surface area contributed by atoms with Crippen molar-refractivity contribution in [2.45, 2.75) is 33.3 Å². The fourth-order valence-electron chi connectivity index (χ4n) is 4.25. The molecule has 0 bridgehead atoms. The Morgan fingerprint density at radius 2 is 1.86 bits per heavy atom. The van der Waals surface area contributed by atoms with Gasteiger partial charge < -0.3 is 14.4 Å². The molecule has 2 aliphatic heterocycles. The Hall–Kier alpha value is -2.40. The monoisotopic (exact) mass is 380 g/mol. The molecular weight excluding hydrogens is 352 g/mol. The first kappa shape index (κ1) is 18.9. The van der Waals surface area contributed by atoms with Crippen LogP contribution in [0.5, 0.6) is 5.75 Å². The van der Waals surface area contributed by atoms with Gasteiger partial charge >= 0.3 is 0 Å². The highest BCUT2D eigenvalue weighted by Gasteiger charge is 2.45. The molecule has 5 nitrogen and oxygen atoms in total. The number of nitrogens with zero attached hydrogens (tertiary/aromatic N) is 2. The molecule has 2 aliphatic rings. The van der Waals surface area contributed by atoms with Gasteiger partial charge in [-0.15, -0.1) is 0 Å². The van der Waals surface area contributed by atoms with Crippen molar-refractivity contribution in [3.8, 4) is 5.75 Å². The Morgan fingerprint density at radius 3 is 2.57 bits per heavy atom. The largest absolute Gasteiger partial charge is 0.493 e. The molecule has 2 aromatic rings. The maximum absolute atomic E-state index is 12.7. The lowest BCUT2D eigenvalue weighted by Crippen LogP contribution is -2.33. The second-order valence-electron chi connectivity index (χ2n) is 8.15. The van der Waals surface area contributed by atoms with Gasteiger partial charge in [-0.1, -0.05) is 29.8 Å². The number of hydrogen-bond acceptors (Lipinski definition) is 4. The van der Waals surface area contributed by atoms with E-state index >= 15 is 0 Å². The molecule has 28 heavy (non-hydrogen) atoms. The molecule has 2 fully saturated rings. The summed E-state index contributed by atoms with van der Waals surface area (Å²) in [6, 6.07) is 12.1. The van der Waals surface area contributed by atoms with E-state index in [2.05, 4.69) is 24.0 Å². The molecule has 148 valence electrons. The van der Waals surface area contributed by atoms with Crippen molar-refractivity contribution in [3.05, 3.63) is 58.9 Å². The summed E-state index contributed by atoms with van der Waals surface area (Å²) >= 11 is 0. The predicted octanol–water partition coefficient (Wildman–Crippen LogP) is 3.10. The number of aromatic nitrogens is 1. The Bertz CT molecular complexity index is 829. The van der Waals surface area contributed by atoms with E-state index in [0.717, 1.165) is 29.2 Å². The zero-order valence-corrected chi connectivity index (χ0v) is 16.9. The van der Waals surface area contributed by atoms with E-state index in [1.807, 2.05) is 43.0 Å². The van der Waals surface area contributed by atoms with E-state index in [9.17, 15) is 4.79 Å². The molecule has 3 atom stereocenters. The first-order valence-corrected chi connectivity index (χ1v) is 10.0. The lowest BCUT2D eigenvalue weighted by Gasteiger charge is -2.20. The van der Waals surface area contributed by atoms with E-state index in [0.29, 0.717) is 38.0 Å². The van der Waals surface area contributed by atoms with Gasteiger partial charge in [0.05, 0.1) is 25.7 Å². The van der Waals surface area contributed by atoms with Crippen LogP contribution in [0.4, 0.5) is 0 Å². The Morgan fingerprint density at radius 1 is 1.14 bits per heavy atom. The van der Waals surface area contributed by atoms with Gasteiger partial charge in [-0.25, -0.2) is 0 Å². The predicted molar refractivity (Wildman–Crippen MR) is 107 cm³/mol. The minimum atomic E-state index is 0.136. The minimum absolute atomic E-state index is 0.136. The molecule has 4 rings (SSSR count). The lowest BCUT2D eigenvalue weighted by atomic mass is 9.94. The number of hydrogen-bond donors (Lipinski definition) is 0. The molecule has 3 heterocycles. The van der Waals surface area contributed by atoms with Crippen LogP contribution in [0.2, 0.25) is 0 Å². The van der Waals surface area contributed by atoms with Crippen LogP contribution in [-0.4, -0.2) is 48.2 Å². The molecule has 0 N–H and O–H groups in total. The quantitative estimate of drug-likeness (QED) is 0.800. The van der Waals surface area contributed by atoms with Gasteiger partial charge in [-0.2, -0.15) is 0 Å². The van der Waals surface area contributed by atoms with Crippen molar-refractivity contribution in [1.82, 2.24) is 9.88 Å². The molecule has 1 amide bonds. The topological polar surface area (TPSA) is 51.7 Å². The zero-order valence-electron chi connectivity index (χ0n) is 16.9. The molecule has 1 aromatic heterocycles. The van der Waals surface area contributed by atoms with Gasteiger partial charge in [0.2, 0.25) is 5.91 Å². The van der Waals surface area contributed by atoms with Crippen LogP contribution in [0.25, 0.3) is 0 Å². The Labute approximate surface area is 166 Å². The smallest absolute Gasteiger partial charge is 0.227 e. The van der Waals surface area contributed by atoms with Crippen LogP contribution in [0.1, 0.15) is 22.5 Å². The van der Waals surface area contributed by atoms with Crippen molar-refractivity contribution in [2.24, 2.45) is 11.8 Å². The van der Waals surface area contributed by atoms with Crippen molar-refractivity contribution < 1.29 is 14.3 Å². The molecule has 0 saturated carbocycles. The minimum Gasteiger partial charge on any atom is -0.493 e. The number of aryl methyl sites for hydroxylation is 3. The number of carbonyl (C=O) groups excluding carboxylic acids is 1. The number of amides is 1. The van der Waals surface area contributed by atoms with Crippen LogP contribution in [0.15, 0.2) is 36.4 Å². The zero-order chi connectivity index (χ0) is 19.7. The van der Waals surface area contributed by atoms with E-state index in [4.69, 9.17) is 9.47 Å². The van der Waals surface area contributed by atoms with E-state index in [-0.39, 0.29) is 12.0 Å². The van der Waals surface area contributed by atoms with Crippen LogP contribution in [0, 0.1) is 32.6 Å². The number of fused-ring (bicyclic) bond motifs is 1. The highest BCUT2D eigenvalue weighted by Crippen LogP contribution is 2.34. The standard InChI is InChI=1S/C23H28N2O3/c1-15-4-6-18(7-5-15)10-23(26)25-11-21-19(14-28-22(21)12-25)13-27-20-8-16(2)24-17(3)9-20/h4-9,19,21-22H,10-14H2,1-3H3/t19-,21+,22+/m0/s1. The summed E-state index contributed by atoms with van der Waals surface area (Å²) in [6.45, 7) is 8.78. The number of ether oxygens (including phenoxy) is 2. The van der Waals surface area contributed by atoms with Gasteiger partial charge in [-0.3, -0.25) is 9.78 Å². The molecular formula is C23H28N2O3. The van der Waals surface area contributed by atoms with Crippen molar-refractivity contribution in [2.75, 3.05) is 26.3 Å². The van der Waals surface area contributed by atoms with Gasteiger partial charge in [0, 0.05) is 48.4 Å². The SMILES string of the molecule is Cc1ccc(CC(=O)N2C[C@@H]3[C@@H](COc4cc(C)nc(C)c4)CO[C@@H]3C2)cc1. The van der Waals surface area contributed by atoms with Crippen LogP contribution in [-0.2, 0) is 16.0 Å². The second kappa shape index (κ2) is 7.92. The van der Waals surface area contributed by atoms with Crippen LogP contribution >= 0.6 is 0 Å². The summed E-state index contributed by atoms with van der Waals surface area (Å²) in [4.78, 5) is 19.1. The summed E-state index contributed by atoms with van der Waals surface area (Å²) in [5, 5.41) is 0. The first-order chi connectivity index (χ1) is 13.5. The van der Waals surface area contributed by atoms with Crippen LogP contribution in [0.3, 0.4) is 0 Å². The van der Waals surface area contributed by atoms with Crippen molar-refractivity contribution >= 4 is 5.91 Å². The van der Waals surface area contributed by atoms with Gasteiger partial charge in [0.15, 0.2) is 0 Å². The van der Waals surface area contributed by atoms with E-state index in [1.54, 1.807) is 0 Å². The van der Waals surface area contributed by atoms with Gasteiger partial charge in [0.1, 0.15) is 5.75 Å². The highest BCUT2D eigenvalue weighted by atomic mass is 16.5. The highest BCUT2D eigenvalue weighted by molar-refractivity contribution is 5.79. The molecule has 1 aromatic carbocycles. The third kappa shape index (κ3) is 4.20. The summed E-state index contributed by atoms with van der Waals surface area (Å²) in [5.74, 6) is 1.71. The summed E-state index contributed by atoms with van der Waals surface area (Å²) in [6.07, 6.45) is 0.590. The number of benzene rings is 1. The van der Waals surface area contributed by atoms with E-state index in [1.165, 1.54) is 5.56 Å². The molecule has 0 aliphatic carbocycles. The summed E-state index contributed by atoms with van der Waals surface area (Å²) < 4.78 is 12.0. The third-order valence-corrected chi connectivity index (χ3v) is 5.79. The molecule has 0 radical (unpaired) electrons. The molecule has 0 spiro atoms. The number of rotatable bonds is 5. The molecule has 5 heteroatoms. The number of carbonyl (C=O) groups is 1. The average Bonchev–Trinajstić information content (AvgIpc) is 3.22. The maximum Gasteiger partial charge on any atom is 0.227 e. The number of pyridine rings is 1. The average molecular weight is 380 g/mol. The first-order valence-electron chi connectivity index (χ1n) is 10.0.